The van der Waals surface area contributed by atoms with Crippen LogP contribution in [0.5, 0.6) is 0 Å². The van der Waals surface area contributed by atoms with Gasteiger partial charge in [0.1, 0.15) is 0 Å². The second-order valence-electron chi connectivity index (χ2n) is 4.20. The van der Waals surface area contributed by atoms with Crippen molar-refractivity contribution in [2.24, 2.45) is 0 Å². The quantitative estimate of drug-likeness (QED) is 0.584. The summed E-state index contributed by atoms with van der Waals surface area (Å²) in [7, 11) is 1.66. The van der Waals surface area contributed by atoms with Crippen LogP contribution in [-0.2, 0) is 23.7 Å². The van der Waals surface area contributed by atoms with Crippen LogP contribution >= 0.6 is 0 Å². The van der Waals surface area contributed by atoms with Crippen LogP contribution in [0.2, 0.25) is 0 Å². The van der Waals surface area contributed by atoms with Crippen LogP contribution in [0.4, 0.5) is 0 Å². The molecule has 1 aliphatic rings. The number of hydrogen-bond donors (Lipinski definition) is 1. The van der Waals surface area contributed by atoms with Crippen molar-refractivity contribution < 1.29 is 28.8 Å². The van der Waals surface area contributed by atoms with E-state index in [9.17, 15) is 4.79 Å². The van der Waals surface area contributed by atoms with Gasteiger partial charge in [0.05, 0.1) is 25.9 Å². The van der Waals surface area contributed by atoms with E-state index in [0.717, 1.165) is 12.8 Å². The van der Waals surface area contributed by atoms with E-state index in [1.807, 2.05) is 0 Å². The fourth-order valence-corrected chi connectivity index (χ4v) is 1.75. The van der Waals surface area contributed by atoms with E-state index in [2.05, 4.69) is 0 Å². The van der Waals surface area contributed by atoms with Crippen molar-refractivity contribution in [2.45, 2.75) is 31.5 Å². The molecule has 1 rings (SSSR count). The van der Waals surface area contributed by atoms with Gasteiger partial charge in [-0.15, -0.1) is 0 Å². The lowest BCUT2D eigenvalue weighted by Crippen LogP contribution is -2.23. The molecule has 0 amide bonds. The summed E-state index contributed by atoms with van der Waals surface area (Å²) in [4.78, 5) is 10.7. The van der Waals surface area contributed by atoms with Gasteiger partial charge >= 0.3 is 5.97 Å². The summed E-state index contributed by atoms with van der Waals surface area (Å²) < 4.78 is 20.9. The Morgan fingerprint density at radius 3 is 2.67 bits per heavy atom. The average molecular weight is 262 g/mol. The maximum Gasteiger partial charge on any atom is 0.332 e. The van der Waals surface area contributed by atoms with Crippen LogP contribution in [0, 0.1) is 0 Å². The molecule has 2 atom stereocenters. The first-order valence-corrected chi connectivity index (χ1v) is 6.26. The Labute approximate surface area is 107 Å². The Morgan fingerprint density at radius 2 is 2.00 bits per heavy atom. The molecule has 106 valence electrons. The van der Waals surface area contributed by atoms with Crippen LogP contribution in [0.25, 0.3) is 0 Å². The molecular weight excluding hydrogens is 240 g/mol. The third-order valence-corrected chi connectivity index (χ3v) is 2.70. The summed E-state index contributed by atoms with van der Waals surface area (Å²) in [6.07, 6.45) is 1.42. The third-order valence-electron chi connectivity index (χ3n) is 2.70. The van der Waals surface area contributed by atoms with Gasteiger partial charge in [-0.3, -0.25) is 0 Å². The molecule has 18 heavy (non-hydrogen) atoms. The summed E-state index contributed by atoms with van der Waals surface area (Å²) in [5.74, 6) is -0.890. The highest BCUT2D eigenvalue weighted by Gasteiger charge is 2.30. The largest absolute Gasteiger partial charge is 0.479 e. The van der Waals surface area contributed by atoms with E-state index >= 15 is 0 Å². The minimum absolute atomic E-state index is 0.0976. The lowest BCUT2D eigenvalue weighted by Gasteiger charge is -2.11. The maximum atomic E-state index is 10.7. The van der Waals surface area contributed by atoms with E-state index in [-0.39, 0.29) is 6.10 Å². The number of aliphatic carboxylic acids is 1. The van der Waals surface area contributed by atoms with Gasteiger partial charge in [0.15, 0.2) is 6.10 Å². The number of carbonyl (C=O) groups is 1. The van der Waals surface area contributed by atoms with Crippen molar-refractivity contribution in [1.82, 2.24) is 0 Å². The molecule has 0 saturated carbocycles. The molecule has 0 aromatic heterocycles. The fourth-order valence-electron chi connectivity index (χ4n) is 1.75. The molecule has 1 N–H and O–H groups in total. The molecule has 1 aliphatic heterocycles. The van der Waals surface area contributed by atoms with Gasteiger partial charge in [-0.25, -0.2) is 4.79 Å². The zero-order chi connectivity index (χ0) is 13.2. The first kappa shape index (κ1) is 15.4. The molecule has 0 aromatic rings. The summed E-state index contributed by atoms with van der Waals surface area (Å²) >= 11 is 0. The van der Waals surface area contributed by atoms with Crippen LogP contribution in [0.1, 0.15) is 19.3 Å². The SMILES string of the molecule is COCCCOCCOCC1CCC(C(=O)O)O1. The van der Waals surface area contributed by atoms with Gasteiger partial charge in [0.25, 0.3) is 0 Å². The molecule has 6 nitrogen and oxygen atoms in total. The highest BCUT2D eigenvalue weighted by molar-refractivity contribution is 5.72. The summed E-state index contributed by atoms with van der Waals surface area (Å²) in [5.41, 5.74) is 0. The minimum Gasteiger partial charge on any atom is -0.479 e. The summed E-state index contributed by atoms with van der Waals surface area (Å²) in [6, 6.07) is 0. The van der Waals surface area contributed by atoms with Crippen LogP contribution in [0.3, 0.4) is 0 Å². The predicted molar refractivity (Wildman–Crippen MR) is 63.7 cm³/mol. The zero-order valence-electron chi connectivity index (χ0n) is 10.8. The Balaban J connectivity index is 1.88. The van der Waals surface area contributed by atoms with Gasteiger partial charge in [0.2, 0.25) is 0 Å². The van der Waals surface area contributed by atoms with Crippen LogP contribution in [0.15, 0.2) is 0 Å². The molecule has 0 aromatic carbocycles. The number of hydrogen-bond acceptors (Lipinski definition) is 5. The Bertz CT molecular complexity index is 233. The molecule has 0 aliphatic carbocycles. The monoisotopic (exact) mass is 262 g/mol. The number of carboxylic acid groups (broad SMARTS) is 1. The molecule has 1 fully saturated rings. The lowest BCUT2D eigenvalue weighted by molar-refractivity contribution is -0.150. The van der Waals surface area contributed by atoms with Gasteiger partial charge in [-0.2, -0.15) is 0 Å². The minimum atomic E-state index is -0.890. The zero-order valence-corrected chi connectivity index (χ0v) is 10.8. The molecule has 0 bridgehead atoms. The van der Waals surface area contributed by atoms with Crippen LogP contribution < -0.4 is 0 Å². The Hall–Kier alpha value is -0.690. The normalized spacial score (nSPS) is 23.4. The van der Waals surface area contributed by atoms with Gasteiger partial charge in [0, 0.05) is 20.3 Å². The number of methoxy groups -OCH3 is 1. The van der Waals surface area contributed by atoms with Crippen molar-refractivity contribution in [3.63, 3.8) is 0 Å². The second-order valence-corrected chi connectivity index (χ2v) is 4.20. The molecule has 0 spiro atoms. The Kier molecular flexibility index (Phi) is 7.91. The highest BCUT2D eigenvalue weighted by Crippen LogP contribution is 2.19. The molecule has 6 heteroatoms. The molecule has 0 radical (unpaired) electrons. The predicted octanol–water partition coefficient (Wildman–Crippen LogP) is 0.688. The Morgan fingerprint density at radius 1 is 1.22 bits per heavy atom. The van der Waals surface area contributed by atoms with Gasteiger partial charge in [-0.05, 0) is 19.3 Å². The van der Waals surface area contributed by atoms with E-state index < -0.39 is 12.1 Å². The van der Waals surface area contributed by atoms with E-state index in [4.69, 9.17) is 24.1 Å². The van der Waals surface area contributed by atoms with Crippen molar-refractivity contribution in [2.75, 3.05) is 40.1 Å². The smallest absolute Gasteiger partial charge is 0.332 e. The summed E-state index contributed by atoms with van der Waals surface area (Å²) in [5, 5.41) is 8.75. The first-order valence-electron chi connectivity index (χ1n) is 6.26. The molecular formula is C12H22O6. The molecule has 1 saturated heterocycles. The van der Waals surface area contributed by atoms with Gasteiger partial charge < -0.3 is 24.1 Å². The van der Waals surface area contributed by atoms with E-state index in [1.165, 1.54) is 0 Å². The fraction of sp³-hybridized carbons (Fsp3) is 0.917. The van der Waals surface area contributed by atoms with Gasteiger partial charge in [-0.1, -0.05) is 0 Å². The highest BCUT2D eigenvalue weighted by atomic mass is 16.6. The number of rotatable bonds is 10. The maximum absolute atomic E-state index is 10.7. The topological polar surface area (TPSA) is 74.2 Å². The number of carboxylic acids is 1. The number of ether oxygens (including phenoxy) is 4. The second kappa shape index (κ2) is 9.27. The first-order chi connectivity index (χ1) is 8.74. The summed E-state index contributed by atoms with van der Waals surface area (Å²) in [6.45, 7) is 2.85. The van der Waals surface area contributed by atoms with Crippen molar-refractivity contribution in [3.05, 3.63) is 0 Å². The van der Waals surface area contributed by atoms with Crippen molar-refractivity contribution in [3.8, 4) is 0 Å². The standard InChI is InChI=1S/C12H22O6/c1-15-5-2-6-16-7-8-17-9-10-3-4-11(18-10)12(13)14/h10-11H,2-9H2,1H3,(H,13,14). The van der Waals surface area contributed by atoms with Crippen molar-refractivity contribution in [1.29, 1.82) is 0 Å². The van der Waals surface area contributed by atoms with E-state index in [0.29, 0.717) is 39.5 Å². The molecule has 1 heterocycles. The van der Waals surface area contributed by atoms with E-state index in [1.54, 1.807) is 7.11 Å². The third kappa shape index (κ3) is 6.30. The lowest BCUT2D eigenvalue weighted by atomic mass is 10.2. The van der Waals surface area contributed by atoms with Crippen LogP contribution in [-0.4, -0.2) is 63.4 Å². The average Bonchev–Trinajstić information content (AvgIpc) is 2.81. The molecule has 2 unspecified atom stereocenters. The van der Waals surface area contributed by atoms with Crippen molar-refractivity contribution >= 4 is 5.97 Å².